The zero-order valence-corrected chi connectivity index (χ0v) is 19.1. The molecule has 0 amide bonds. The smallest absolute Gasteiger partial charge is 0.256 e. The fraction of sp³-hybridized carbons (Fsp3) is 0.400. The van der Waals surface area contributed by atoms with Crippen molar-refractivity contribution in [2.24, 2.45) is 0 Å². The number of hydrogen-bond acceptors (Lipinski definition) is 7. The van der Waals surface area contributed by atoms with Gasteiger partial charge in [0.05, 0.1) is 17.7 Å². The van der Waals surface area contributed by atoms with Crippen molar-refractivity contribution in [3.63, 3.8) is 0 Å². The maximum Gasteiger partial charge on any atom is 0.256 e. The summed E-state index contributed by atoms with van der Waals surface area (Å²) in [5, 5.41) is 4.00. The first-order valence-electron chi connectivity index (χ1n) is 11.4. The van der Waals surface area contributed by atoms with E-state index in [2.05, 4.69) is 39.1 Å². The molecular formula is C25H28N6O2. The van der Waals surface area contributed by atoms with Crippen LogP contribution in [0.3, 0.4) is 0 Å². The highest BCUT2D eigenvalue weighted by Crippen LogP contribution is 2.33. The van der Waals surface area contributed by atoms with E-state index in [1.165, 1.54) is 0 Å². The third-order valence-electron chi connectivity index (χ3n) is 6.47. The maximum atomic E-state index is 13.0. The lowest BCUT2D eigenvalue weighted by atomic mass is 10.1. The number of fused-ring (bicyclic) bond motifs is 3. The molecule has 0 unspecified atom stereocenters. The van der Waals surface area contributed by atoms with Gasteiger partial charge < -0.3 is 19.9 Å². The predicted molar refractivity (Wildman–Crippen MR) is 131 cm³/mol. The van der Waals surface area contributed by atoms with E-state index in [1.54, 1.807) is 17.7 Å². The van der Waals surface area contributed by atoms with Crippen LogP contribution < -0.4 is 20.5 Å². The van der Waals surface area contributed by atoms with Crippen LogP contribution in [0.15, 0.2) is 29.2 Å². The van der Waals surface area contributed by atoms with E-state index in [9.17, 15) is 4.79 Å². The molecule has 1 saturated heterocycles. The van der Waals surface area contributed by atoms with E-state index < -0.39 is 0 Å². The minimum absolute atomic E-state index is 0.103. The monoisotopic (exact) mass is 444 g/mol. The summed E-state index contributed by atoms with van der Waals surface area (Å²) in [7, 11) is 2.15. The Balaban J connectivity index is 1.56. The summed E-state index contributed by atoms with van der Waals surface area (Å²) in [6, 6.07) is 6.12. The van der Waals surface area contributed by atoms with Gasteiger partial charge in [-0.2, -0.15) is 4.98 Å². The Morgan fingerprint density at radius 3 is 2.76 bits per heavy atom. The van der Waals surface area contributed by atoms with E-state index in [0.29, 0.717) is 35.9 Å². The van der Waals surface area contributed by atoms with Gasteiger partial charge in [0.15, 0.2) is 0 Å². The Hall–Kier alpha value is -3.57. The largest absolute Gasteiger partial charge is 0.491 e. The summed E-state index contributed by atoms with van der Waals surface area (Å²) >= 11 is 0. The third kappa shape index (κ3) is 4.00. The molecular weight excluding hydrogens is 416 g/mol. The van der Waals surface area contributed by atoms with Crippen molar-refractivity contribution >= 4 is 28.4 Å². The van der Waals surface area contributed by atoms with E-state index in [0.717, 1.165) is 61.5 Å². The zero-order chi connectivity index (χ0) is 22.9. The van der Waals surface area contributed by atoms with Crippen LogP contribution in [0.1, 0.15) is 24.0 Å². The lowest BCUT2D eigenvalue weighted by Crippen LogP contribution is -2.44. The molecule has 1 fully saturated rings. The molecule has 0 radical (unpaired) electrons. The number of pyridine rings is 1. The van der Waals surface area contributed by atoms with Gasteiger partial charge in [0.2, 0.25) is 5.95 Å². The number of ether oxygens (including phenoxy) is 1. The molecule has 5 rings (SSSR count). The van der Waals surface area contributed by atoms with Crippen LogP contribution in [0.5, 0.6) is 5.75 Å². The van der Waals surface area contributed by atoms with E-state index in [1.807, 2.05) is 12.1 Å². The topological polar surface area (TPSA) is 75.5 Å². The van der Waals surface area contributed by atoms with Crippen LogP contribution in [0.25, 0.3) is 11.0 Å². The van der Waals surface area contributed by atoms with Gasteiger partial charge in [0, 0.05) is 61.8 Å². The second kappa shape index (κ2) is 8.75. The number of benzene rings is 1. The average molecular weight is 445 g/mol. The van der Waals surface area contributed by atoms with Gasteiger partial charge in [-0.15, -0.1) is 6.42 Å². The third-order valence-corrected chi connectivity index (χ3v) is 6.47. The van der Waals surface area contributed by atoms with Crippen molar-refractivity contribution in [2.45, 2.75) is 26.3 Å². The summed E-state index contributed by atoms with van der Waals surface area (Å²) in [4.78, 5) is 26.9. The van der Waals surface area contributed by atoms with Crippen molar-refractivity contribution in [1.29, 1.82) is 0 Å². The summed E-state index contributed by atoms with van der Waals surface area (Å²) < 4.78 is 7.95. The number of terminal acetylenes is 1. The maximum absolute atomic E-state index is 13.0. The van der Waals surface area contributed by atoms with Gasteiger partial charge in [-0.05, 0) is 38.9 Å². The Kier molecular flexibility index (Phi) is 5.65. The van der Waals surface area contributed by atoms with Gasteiger partial charge >= 0.3 is 0 Å². The Morgan fingerprint density at radius 2 is 1.97 bits per heavy atom. The number of rotatable bonds is 1. The first-order valence-corrected chi connectivity index (χ1v) is 11.4. The quantitative estimate of drug-likeness (QED) is 0.579. The number of nitrogens with zero attached hydrogens (tertiary/aromatic N) is 5. The van der Waals surface area contributed by atoms with Crippen molar-refractivity contribution in [3.05, 3.63) is 45.9 Å². The SMILES string of the molecule is C#Cc1c(C)c(=O)n2c3nc(ncc13)Nc1ccc(N3CCN(C)CC3)c(c1)OCCCC2. The molecule has 0 atom stereocenters. The molecule has 0 saturated carbocycles. The highest BCUT2D eigenvalue weighted by molar-refractivity contribution is 5.84. The molecule has 2 aromatic heterocycles. The second-order valence-electron chi connectivity index (χ2n) is 8.69. The minimum Gasteiger partial charge on any atom is -0.491 e. The molecule has 4 heterocycles. The summed E-state index contributed by atoms with van der Waals surface area (Å²) in [5.41, 5.74) is 3.51. The standard InChI is InChI=1S/C25H28N6O2/c1-4-19-17(2)24(32)31-9-5-6-14-33-22-15-18(27-25-26-16-20(19)23(31)28-25)7-8-21(22)30-12-10-29(3)11-13-30/h1,7-8,15-16H,5-6,9-14H2,2-3H3,(H,26,27,28). The van der Waals surface area contributed by atoms with E-state index >= 15 is 0 Å². The van der Waals surface area contributed by atoms with Crippen LogP contribution in [0.2, 0.25) is 0 Å². The van der Waals surface area contributed by atoms with Gasteiger partial charge in [0.1, 0.15) is 11.4 Å². The summed E-state index contributed by atoms with van der Waals surface area (Å²) in [6.45, 7) is 6.88. The lowest BCUT2D eigenvalue weighted by molar-refractivity contribution is 0.295. The molecule has 8 nitrogen and oxygen atoms in total. The van der Waals surface area contributed by atoms with E-state index in [-0.39, 0.29) is 5.56 Å². The fourth-order valence-electron chi connectivity index (χ4n) is 4.52. The normalized spacial score (nSPS) is 16.8. The fourth-order valence-corrected chi connectivity index (χ4v) is 4.52. The molecule has 3 aromatic rings. The molecule has 1 aromatic carbocycles. The molecule has 8 heteroatoms. The number of aryl methyl sites for hydroxylation is 1. The second-order valence-corrected chi connectivity index (χ2v) is 8.69. The Labute approximate surface area is 193 Å². The van der Waals surface area contributed by atoms with Gasteiger partial charge in [-0.25, -0.2) is 4.98 Å². The van der Waals surface area contributed by atoms with Crippen molar-refractivity contribution < 1.29 is 4.74 Å². The van der Waals surface area contributed by atoms with Gasteiger partial charge in [0.25, 0.3) is 5.56 Å². The van der Waals surface area contributed by atoms with Crippen LogP contribution >= 0.6 is 0 Å². The van der Waals surface area contributed by atoms with Crippen molar-refractivity contribution in [1.82, 2.24) is 19.4 Å². The van der Waals surface area contributed by atoms with E-state index in [4.69, 9.17) is 16.1 Å². The predicted octanol–water partition coefficient (Wildman–Crippen LogP) is 2.75. The number of aromatic nitrogens is 3. The molecule has 1 N–H and O–H groups in total. The van der Waals surface area contributed by atoms with Crippen LogP contribution in [0, 0.1) is 19.3 Å². The van der Waals surface area contributed by atoms with Crippen LogP contribution in [-0.4, -0.2) is 59.3 Å². The molecule has 2 aliphatic heterocycles. The zero-order valence-electron chi connectivity index (χ0n) is 19.1. The number of hydrogen-bond donors (Lipinski definition) is 1. The van der Waals surface area contributed by atoms with Gasteiger partial charge in [-0.1, -0.05) is 5.92 Å². The molecule has 33 heavy (non-hydrogen) atoms. The first-order chi connectivity index (χ1) is 16.0. The molecule has 0 aliphatic carbocycles. The molecule has 0 spiro atoms. The molecule has 170 valence electrons. The van der Waals surface area contributed by atoms with Crippen LogP contribution in [-0.2, 0) is 6.54 Å². The minimum atomic E-state index is -0.103. The Morgan fingerprint density at radius 1 is 1.15 bits per heavy atom. The summed E-state index contributed by atoms with van der Waals surface area (Å²) in [5.74, 6) is 3.92. The highest BCUT2D eigenvalue weighted by atomic mass is 16.5. The molecule has 2 aliphatic rings. The Bertz CT molecular complexity index is 1300. The van der Waals surface area contributed by atoms with Crippen LogP contribution in [0.4, 0.5) is 17.3 Å². The highest BCUT2D eigenvalue weighted by Gasteiger charge is 2.20. The lowest BCUT2D eigenvalue weighted by Gasteiger charge is -2.35. The average Bonchev–Trinajstić information content (AvgIpc) is 2.83. The van der Waals surface area contributed by atoms with Crippen molar-refractivity contribution in [2.75, 3.05) is 50.1 Å². The number of likely N-dealkylation sites (N-methyl/N-ethyl adjacent to an activating group) is 1. The van der Waals surface area contributed by atoms with Gasteiger partial charge in [-0.3, -0.25) is 9.36 Å². The summed E-state index contributed by atoms with van der Waals surface area (Å²) in [6.07, 6.45) is 9.04. The molecule has 4 bridgehead atoms. The number of nitrogens with one attached hydrogen (secondary N) is 1. The number of anilines is 3. The number of piperazine rings is 1. The van der Waals surface area contributed by atoms with Crippen molar-refractivity contribution in [3.8, 4) is 18.1 Å². The first kappa shape index (κ1) is 21.3.